The average molecular weight is 291 g/mol. The number of nitrogens with zero attached hydrogens (tertiary/aromatic N) is 2. The highest BCUT2D eigenvalue weighted by Gasteiger charge is 2.25. The first-order chi connectivity index (χ1) is 10.1. The van der Waals surface area contributed by atoms with Crippen molar-refractivity contribution in [2.75, 3.05) is 26.2 Å². The van der Waals surface area contributed by atoms with Crippen LogP contribution in [0.3, 0.4) is 0 Å². The lowest BCUT2D eigenvalue weighted by atomic mass is 9.97. The fraction of sp³-hybridized carbons (Fsp3) is 0.625. The van der Waals surface area contributed by atoms with Gasteiger partial charge in [-0.3, -0.25) is 15.0 Å². The molecule has 1 aromatic rings. The maximum Gasteiger partial charge on any atom is 0.274 e. The van der Waals surface area contributed by atoms with Crippen LogP contribution in [0.15, 0.2) is 24.3 Å². The summed E-state index contributed by atoms with van der Waals surface area (Å²) in [5.74, 6) is 0.643. The second-order valence-electron chi connectivity index (χ2n) is 5.79. The number of nitrogens with one attached hydrogen (secondary N) is 1. The fourth-order valence-electron chi connectivity index (χ4n) is 3.18. The number of nitro benzene ring substituents is 1. The van der Waals surface area contributed by atoms with Gasteiger partial charge in [0.25, 0.3) is 5.69 Å². The third-order valence-electron chi connectivity index (χ3n) is 4.43. The van der Waals surface area contributed by atoms with E-state index in [0.717, 1.165) is 31.7 Å². The Morgan fingerprint density at radius 3 is 2.86 bits per heavy atom. The largest absolute Gasteiger partial charge is 0.316 e. The number of benzene rings is 1. The van der Waals surface area contributed by atoms with Gasteiger partial charge in [-0.15, -0.1) is 0 Å². The summed E-state index contributed by atoms with van der Waals surface area (Å²) in [6.07, 6.45) is 2.47. The van der Waals surface area contributed by atoms with Crippen molar-refractivity contribution in [1.82, 2.24) is 10.2 Å². The summed E-state index contributed by atoms with van der Waals surface area (Å²) in [7, 11) is 0. The summed E-state index contributed by atoms with van der Waals surface area (Å²) < 4.78 is 0. The molecule has 5 nitrogen and oxygen atoms in total. The number of hydrogen-bond acceptors (Lipinski definition) is 4. The second kappa shape index (κ2) is 7.52. The van der Waals surface area contributed by atoms with Gasteiger partial charge in [-0.1, -0.05) is 25.1 Å². The summed E-state index contributed by atoms with van der Waals surface area (Å²) >= 11 is 0. The molecule has 1 aliphatic heterocycles. The molecule has 1 aliphatic rings. The van der Waals surface area contributed by atoms with Crippen molar-refractivity contribution < 1.29 is 4.92 Å². The molecule has 0 amide bonds. The summed E-state index contributed by atoms with van der Waals surface area (Å²) in [5, 5.41) is 14.6. The van der Waals surface area contributed by atoms with E-state index in [1.165, 1.54) is 12.8 Å². The van der Waals surface area contributed by atoms with Crippen molar-refractivity contribution in [2.45, 2.75) is 32.7 Å². The van der Waals surface area contributed by atoms with Crippen molar-refractivity contribution in [2.24, 2.45) is 5.92 Å². The van der Waals surface area contributed by atoms with E-state index in [0.29, 0.717) is 5.92 Å². The van der Waals surface area contributed by atoms with Crippen LogP contribution in [0.25, 0.3) is 0 Å². The van der Waals surface area contributed by atoms with Crippen molar-refractivity contribution in [3.8, 4) is 0 Å². The van der Waals surface area contributed by atoms with Crippen LogP contribution in [-0.4, -0.2) is 36.0 Å². The van der Waals surface area contributed by atoms with E-state index >= 15 is 0 Å². The molecule has 0 aromatic heterocycles. The minimum absolute atomic E-state index is 0.0681. The molecule has 2 rings (SSSR count). The van der Waals surface area contributed by atoms with E-state index in [-0.39, 0.29) is 16.7 Å². The number of piperidine rings is 1. The Labute approximate surface area is 126 Å². The Morgan fingerprint density at radius 2 is 2.24 bits per heavy atom. The van der Waals surface area contributed by atoms with E-state index in [9.17, 15) is 10.1 Å². The molecule has 0 radical (unpaired) electrons. The molecule has 0 spiro atoms. The first kappa shape index (κ1) is 15.9. The van der Waals surface area contributed by atoms with Crippen LogP contribution in [0.1, 0.15) is 38.3 Å². The van der Waals surface area contributed by atoms with E-state index in [2.05, 4.69) is 24.1 Å². The van der Waals surface area contributed by atoms with Gasteiger partial charge in [0, 0.05) is 24.2 Å². The van der Waals surface area contributed by atoms with E-state index < -0.39 is 0 Å². The molecular weight excluding hydrogens is 266 g/mol. The van der Waals surface area contributed by atoms with Gasteiger partial charge in [-0.2, -0.15) is 0 Å². The molecule has 2 atom stereocenters. The average Bonchev–Trinajstić information content (AvgIpc) is 2.53. The molecule has 0 saturated carbocycles. The zero-order valence-electron chi connectivity index (χ0n) is 12.9. The monoisotopic (exact) mass is 291 g/mol. The van der Waals surface area contributed by atoms with Gasteiger partial charge in [-0.05, 0) is 45.3 Å². The Balaban J connectivity index is 2.12. The number of para-hydroxylation sites is 1. The van der Waals surface area contributed by atoms with E-state index in [1.54, 1.807) is 12.1 Å². The predicted molar refractivity (Wildman–Crippen MR) is 84.4 cm³/mol. The summed E-state index contributed by atoms with van der Waals surface area (Å²) in [4.78, 5) is 13.3. The first-order valence-corrected chi connectivity index (χ1v) is 7.81. The molecular formula is C16H25N3O2. The van der Waals surface area contributed by atoms with Crippen molar-refractivity contribution in [3.05, 3.63) is 39.9 Å². The second-order valence-corrected chi connectivity index (χ2v) is 5.79. The maximum absolute atomic E-state index is 11.2. The quantitative estimate of drug-likeness (QED) is 0.646. The predicted octanol–water partition coefficient (Wildman–Crippen LogP) is 2.98. The van der Waals surface area contributed by atoms with Crippen LogP contribution in [-0.2, 0) is 0 Å². The van der Waals surface area contributed by atoms with Gasteiger partial charge in [0.2, 0.25) is 0 Å². The topological polar surface area (TPSA) is 58.4 Å². The molecule has 0 aliphatic carbocycles. The third-order valence-corrected chi connectivity index (χ3v) is 4.43. The molecule has 1 saturated heterocycles. The lowest BCUT2D eigenvalue weighted by molar-refractivity contribution is -0.386. The Hall–Kier alpha value is -1.46. The Morgan fingerprint density at radius 1 is 1.48 bits per heavy atom. The molecule has 5 heteroatoms. The lowest BCUT2D eigenvalue weighted by Crippen LogP contribution is -2.39. The third kappa shape index (κ3) is 4.02. The van der Waals surface area contributed by atoms with Crippen LogP contribution >= 0.6 is 0 Å². The first-order valence-electron chi connectivity index (χ1n) is 7.81. The van der Waals surface area contributed by atoms with Crippen molar-refractivity contribution in [3.63, 3.8) is 0 Å². The minimum Gasteiger partial charge on any atom is -0.316 e. The van der Waals surface area contributed by atoms with Crippen LogP contribution < -0.4 is 5.32 Å². The van der Waals surface area contributed by atoms with Gasteiger partial charge in [0.15, 0.2) is 0 Å². The number of rotatable bonds is 6. The maximum atomic E-state index is 11.2. The SMILES string of the molecule is CCN(CC1CCCNC1)C(C)c1ccccc1[N+](=O)[O-]. The summed E-state index contributed by atoms with van der Waals surface area (Å²) in [5.41, 5.74) is 1.04. The summed E-state index contributed by atoms with van der Waals surface area (Å²) in [6, 6.07) is 7.16. The highest BCUT2D eigenvalue weighted by Crippen LogP contribution is 2.29. The van der Waals surface area contributed by atoms with Crippen LogP contribution in [0, 0.1) is 16.0 Å². The standard InChI is InChI=1S/C16H25N3O2/c1-3-18(12-14-7-6-10-17-11-14)13(2)15-8-4-5-9-16(15)19(20)21/h4-5,8-9,13-14,17H,3,6-7,10-12H2,1-2H3. The molecule has 116 valence electrons. The normalized spacial score (nSPS) is 20.4. The Kier molecular flexibility index (Phi) is 5.70. The van der Waals surface area contributed by atoms with Gasteiger partial charge in [0.1, 0.15) is 0 Å². The Bertz CT molecular complexity index is 472. The molecule has 1 fully saturated rings. The molecule has 1 N–H and O–H groups in total. The van der Waals surface area contributed by atoms with Crippen LogP contribution in [0.4, 0.5) is 5.69 Å². The minimum atomic E-state index is -0.276. The molecule has 0 bridgehead atoms. The number of hydrogen-bond donors (Lipinski definition) is 1. The molecule has 1 aromatic carbocycles. The van der Waals surface area contributed by atoms with Crippen molar-refractivity contribution in [1.29, 1.82) is 0 Å². The lowest BCUT2D eigenvalue weighted by Gasteiger charge is -2.33. The fourth-order valence-corrected chi connectivity index (χ4v) is 3.18. The van der Waals surface area contributed by atoms with Gasteiger partial charge >= 0.3 is 0 Å². The molecule has 2 unspecified atom stereocenters. The smallest absolute Gasteiger partial charge is 0.274 e. The molecule has 1 heterocycles. The summed E-state index contributed by atoms with van der Waals surface area (Å²) in [6.45, 7) is 8.27. The number of nitro groups is 1. The van der Waals surface area contributed by atoms with Crippen LogP contribution in [0.2, 0.25) is 0 Å². The van der Waals surface area contributed by atoms with Gasteiger partial charge in [0.05, 0.1) is 4.92 Å². The van der Waals surface area contributed by atoms with Crippen molar-refractivity contribution >= 4 is 5.69 Å². The highest BCUT2D eigenvalue weighted by molar-refractivity contribution is 5.41. The zero-order chi connectivity index (χ0) is 15.2. The molecule has 21 heavy (non-hydrogen) atoms. The highest BCUT2D eigenvalue weighted by atomic mass is 16.6. The zero-order valence-corrected chi connectivity index (χ0v) is 12.9. The van der Waals surface area contributed by atoms with E-state index in [4.69, 9.17) is 0 Å². The van der Waals surface area contributed by atoms with E-state index in [1.807, 2.05) is 12.1 Å². The van der Waals surface area contributed by atoms with Crippen LogP contribution in [0.5, 0.6) is 0 Å². The van der Waals surface area contributed by atoms with Gasteiger partial charge < -0.3 is 5.32 Å². The van der Waals surface area contributed by atoms with Gasteiger partial charge in [-0.25, -0.2) is 0 Å².